The van der Waals surface area contributed by atoms with Crippen molar-refractivity contribution in [2.24, 2.45) is 0 Å². The van der Waals surface area contributed by atoms with Crippen LogP contribution in [0.25, 0.3) is 10.2 Å². The number of fused-ring (bicyclic) bond motifs is 1. The van der Waals surface area contributed by atoms with Crippen molar-refractivity contribution in [3.8, 4) is 0 Å². The molecular weight excluding hydrogens is 348 g/mol. The highest BCUT2D eigenvalue weighted by Crippen LogP contribution is 2.27. The Kier molecular flexibility index (Phi) is 4.96. The molecule has 1 N–H and O–H groups in total. The quantitative estimate of drug-likeness (QED) is 0.703. The molecule has 0 aliphatic heterocycles. The van der Waals surface area contributed by atoms with Gasteiger partial charge in [0.25, 0.3) is 5.56 Å². The molecule has 2 heterocycles. The summed E-state index contributed by atoms with van der Waals surface area (Å²) >= 11 is 1.48. The van der Waals surface area contributed by atoms with Crippen molar-refractivity contribution in [2.75, 3.05) is 0 Å². The van der Waals surface area contributed by atoms with Crippen molar-refractivity contribution in [2.45, 2.75) is 47.1 Å². The number of carbonyl (C=O) groups is 1. The summed E-state index contributed by atoms with van der Waals surface area (Å²) in [5, 5.41) is 0.616. The van der Waals surface area contributed by atoms with Gasteiger partial charge in [-0.15, -0.1) is 11.3 Å². The van der Waals surface area contributed by atoms with Gasteiger partial charge >= 0.3 is 5.97 Å². The lowest BCUT2D eigenvalue weighted by atomic mass is 10.0. The number of benzene rings is 1. The average Bonchev–Trinajstić information content (AvgIpc) is 2.85. The normalized spacial score (nSPS) is 12.3. The molecule has 5 nitrogen and oxygen atoms in total. The van der Waals surface area contributed by atoms with E-state index in [0.29, 0.717) is 16.0 Å². The summed E-state index contributed by atoms with van der Waals surface area (Å²) in [5.74, 6) is 0.0271. The predicted molar refractivity (Wildman–Crippen MR) is 104 cm³/mol. The number of rotatable bonds is 4. The van der Waals surface area contributed by atoms with Gasteiger partial charge in [0, 0.05) is 4.88 Å². The standard InChI is InChI=1S/C20H22N2O3S/c1-10-6-7-15(8-11(10)2)9-16(23)25-13(4)18-21-19(24)17-12(3)14(5)26-20(17)22-18/h6-8,13H,9H2,1-5H3,(H,21,22,24)/t13-/m0/s1. The van der Waals surface area contributed by atoms with Crippen LogP contribution >= 0.6 is 11.3 Å². The molecule has 0 aliphatic carbocycles. The zero-order valence-electron chi connectivity index (χ0n) is 15.6. The maximum Gasteiger partial charge on any atom is 0.310 e. The molecule has 26 heavy (non-hydrogen) atoms. The molecule has 136 valence electrons. The summed E-state index contributed by atoms with van der Waals surface area (Å²) < 4.78 is 5.48. The van der Waals surface area contributed by atoms with E-state index in [4.69, 9.17) is 4.74 Å². The van der Waals surface area contributed by atoms with E-state index in [-0.39, 0.29) is 17.9 Å². The van der Waals surface area contributed by atoms with Crippen LogP contribution in [-0.4, -0.2) is 15.9 Å². The second kappa shape index (κ2) is 7.03. The molecule has 6 heteroatoms. The number of aryl methyl sites for hydroxylation is 4. The number of nitrogens with zero attached hydrogens (tertiary/aromatic N) is 1. The third-order valence-corrected chi connectivity index (χ3v) is 5.77. The minimum atomic E-state index is -0.617. The van der Waals surface area contributed by atoms with Crippen molar-refractivity contribution in [3.05, 3.63) is 61.5 Å². The molecule has 0 unspecified atom stereocenters. The molecule has 0 amide bonds. The van der Waals surface area contributed by atoms with E-state index in [1.165, 1.54) is 16.9 Å². The highest BCUT2D eigenvalue weighted by Gasteiger charge is 2.18. The topological polar surface area (TPSA) is 72.0 Å². The van der Waals surface area contributed by atoms with Crippen molar-refractivity contribution in [1.82, 2.24) is 9.97 Å². The first-order chi connectivity index (χ1) is 12.3. The fourth-order valence-corrected chi connectivity index (χ4v) is 3.88. The van der Waals surface area contributed by atoms with Crippen LogP contribution in [0.1, 0.15) is 46.0 Å². The molecule has 0 bridgehead atoms. The summed E-state index contributed by atoms with van der Waals surface area (Å²) in [7, 11) is 0. The smallest absolute Gasteiger partial charge is 0.310 e. The van der Waals surface area contributed by atoms with Gasteiger partial charge in [0.05, 0.1) is 11.8 Å². The lowest BCUT2D eigenvalue weighted by Crippen LogP contribution is -2.18. The first kappa shape index (κ1) is 18.3. The highest BCUT2D eigenvalue weighted by atomic mass is 32.1. The van der Waals surface area contributed by atoms with Crippen LogP contribution in [0, 0.1) is 27.7 Å². The van der Waals surface area contributed by atoms with E-state index >= 15 is 0 Å². The predicted octanol–water partition coefficient (Wildman–Crippen LogP) is 4.07. The van der Waals surface area contributed by atoms with Crippen LogP contribution in [0.2, 0.25) is 0 Å². The second-order valence-electron chi connectivity index (χ2n) is 6.64. The number of thiophene rings is 1. The Balaban J connectivity index is 1.78. The summed E-state index contributed by atoms with van der Waals surface area (Å²) in [6.07, 6.45) is -0.427. The molecule has 3 rings (SSSR count). The van der Waals surface area contributed by atoms with Crippen LogP contribution in [0.15, 0.2) is 23.0 Å². The number of hydrogen-bond acceptors (Lipinski definition) is 5. The highest BCUT2D eigenvalue weighted by molar-refractivity contribution is 7.18. The number of aromatic amines is 1. The van der Waals surface area contributed by atoms with Crippen LogP contribution in [0.4, 0.5) is 0 Å². The number of H-pyrrole nitrogens is 1. The summed E-state index contributed by atoms with van der Waals surface area (Å²) in [5.41, 5.74) is 4.00. The van der Waals surface area contributed by atoms with Gasteiger partial charge in [-0.1, -0.05) is 18.2 Å². The Morgan fingerprint density at radius 3 is 2.65 bits per heavy atom. The van der Waals surface area contributed by atoms with E-state index in [9.17, 15) is 9.59 Å². The Morgan fingerprint density at radius 2 is 1.96 bits per heavy atom. The molecule has 0 saturated carbocycles. The fraction of sp³-hybridized carbons (Fsp3) is 0.350. The van der Waals surface area contributed by atoms with Gasteiger partial charge in [0.1, 0.15) is 4.83 Å². The third-order valence-electron chi connectivity index (χ3n) is 4.67. The number of esters is 1. The van der Waals surface area contributed by atoms with Gasteiger partial charge < -0.3 is 9.72 Å². The summed E-state index contributed by atoms with van der Waals surface area (Å²) in [6.45, 7) is 9.65. The monoisotopic (exact) mass is 370 g/mol. The van der Waals surface area contributed by atoms with Crippen molar-refractivity contribution < 1.29 is 9.53 Å². The SMILES string of the molecule is Cc1ccc(CC(=O)O[C@@H](C)c2nc3sc(C)c(C)c3c(=O)[nH]2)cc1C. The number of ether oxygens (including phenoxy) is 1. The zero-order chi connectivity index (χ0) is 19.0. The third kappa shape index (κ3) is 3.55. The van der Waals surface area contributed by atoms with E-state index < -0.39 is 6.10 Å². The first-order valence-electron chi connectivity index (χ1n) is 8.51. The summed E-state index contributed by atoms with van der Waals surface area (Å²) in [4.78, 5) is 33.6. The van der Waals surface area contributed by atoms with Crippen LogP contribution < -0.4 is 5.56 Å². The number of carbonyl (C=O) groups excluding carboxylic acids is 1. The number of nitrogens with one attached hydrogen (secondary N) is 1. The van der Waals surface area contributed by atoms with Crippen LogP contribution in [0.5, 0.6) is 0 Å². The Hall–Kier alpha value is -2.47. The van der Waals surface area contributed by atoms with E-state index in [0.717, 1.165) is 21.6 Å². The van der Waals surface area contributed by atoms with E-state index in [1.807, 2.05) is 45.9 Å². The van der Waals surface area contributed by atoms with Gasteiger partial charge in [-0.25, -0.2) is 4.98 Å². The molecule has 0 aliphatic rings. The molecule has 3 aromatic rings. The average molecular weight is 370 g/mol. The molecule has 1 aromatic carbocycles. The molecule has 2 aromatic heterocycles. The van der Waals surface area contributed by atoms with Crippen molar-refractivity contribution in [1.29, 1.82) is 0 Å². The minimum Gasteiger partial charge on any atom is -0.454 e. The first-order valence-corrected chi connectivity index (χ1v) is 9.33. The van der Waals surface area contributed by atoms with Gasteiger partial charge in [-0.3, -0.25) is 9.59 Å². The fourth-order valence-electron chi connectivity index (χ4n) is 2.84. The molecular formula is C20H22N2O3S. The molecule has 0 fully saturated rings. The van der Waals surface area contributed by atoms with Crippen molar-refractivity contribution >= 4 is 27.5 Å². The lowest BCUT2D eigenvalue weighted by molar-refractivity contribution is -0.148. The Bertz CT molecular complexity index is 1050. The van der Waals surface area contributed by atoms with Crippen LogP contribution in [-0.2, 0) is 16.0 Å². The van der Waals surface area contributed by atoms with E-state index in [2.05, 4.69) is 9.97 Å². The second-order valence-corrected chi connectivity index (χ2v) is 7.85. The van der Waals surface area contributed by atoms with Gasteiger partial charge in [-0.05, 0) is 56.9 Å². The molecule has 0 saturated heterocycles. The summed E-state index contributed by atoms with van der Waals surface area (Å²) in [6, 6.07) is 5.91. The zero-order valence-corrected chi connectivity index (χ0v) is 16.4. The van der Waals surface area contributed by atoms with E-state index in [1.54, 1.807) is 6.92 Å². The van der Waals surface area contributed by atoms with Crippen molar-refractivity contribution in [3.63, 3.8) is 0 Å². The number of hydrogen-bond donors (Lipinski definition) is 1. The molecule has 1 atom stereocenters. The van der Waals surface area contributed by atoms with Gasteiger partial charge in [-0.2, -0.15) is 0 Å². The maximum absolute atomic E-state index is 12.4. The minimum absolute atomic E-state index is 0.190. The Labute approximate surface area is 156 Å². The lowest BCUT2D eigenvalue weighted by Gasteiger charge is -2.13. The maximum atomic E-state index is 12.4. The largest absolute Gasteiger partial charge is 0.454 e. The molecule has 0 spiro atoms. The molecule has 0 radical (unpaired) electrons. The van der Waals surface area contributed by atoms with Gasteiger partial charge in [0.2, 0.25) is 0 Å². The Morgan fingerprint density at radius 1 is 1.23 bits per heavy atom. The van der Waals surface area contributed by atoms with Gasteiger partial charge in [0.15, 0.2) is 11.9 Å². The van der Waals surface area contributed by atoms with Crippen LogP contribution in [0.3, 0.4) is 0 Å². The number of aromatic nitrogens is 2.